The molecule has 0 aliphatic rings. The molecular formula is C50H45N3O4S. The van der Waals surface area contributed by atoms with Crippen LogP contribution in [0.2, 0.25) is 0 Å². The molecule has 0 heterocycles. The van der Waals surface area contributed by atoms with Crippen LogP contribution in [0.15, 0.2) is 150 Å². The first-order valence-electron chi connectivity index (χ1n) is 19.1. The van der Waals surface area contributed by atoms with Gasteiger partial charge in [0.05, 0.1) is 39.5 Å². The zero-order valence-corrected chi connectivity index (χ0v) is 34.2. The van der Waals surface area contributed by atoms with Crippen LogP contribution in [0.25, 0.3) is 11.1 Å². The van der Waals surface area contributed by atoms with Gasteiger partial charge in [-0.05, 0) is 136 Å². The van der Waals surface area contributed by atoms with Crippen molar-refractivity contribution in [2.45, 2.75) is 46.4 Å². The summed E-state index contributed by atoms with van der Waals surface area (Å²) in [5.74, 6) is 0.111. The summed E-state index contributed by atoms with van der Waals surface area (Å²) in [4.78, 5) is 14.0. The fourth-order valence-corrected chi connectivity index (χ4v) is 8.46. The molecule has 0 atom stereocenters. The number of amides is 1. The molecule has 0 saturated carbocycles. The predicted octanol–water partition coefficient (Wildman–Crippen LogP) is 11.9. The predicted molar refractivity (Wildman–Crippen MR) is 236 cm³/mol. The average molecular weight is 784 g/mol. The maximum Gasteiger partial charge on any atom is 0.263 e. The quantitative estimate of drug-likeness (QED) is 0.0684. The molecule has 0 saturated heterocycles. The van der Waals surface area contributed by atoms with Crippen molar-refractivity contribution in [3.8, 4) is 11.1 Å². The van der Waals surface area contributed by atoms with E-state index in [4.69, 9.17) is 0 Å². The largest absolute Gasteiger partial charge is 0.739 e. The lowest BCUT2D eigenvalue weighted by Gasteiger charge is -2.22. The van der Waals surface area contributed by atoms with Crippen LogP contribution in [0.1, 0.15) is 60.4 Å². The Morgan fingerprint density at radius 1 is 0.552 bits per heavy atom. The molecule has 0 fully saturated rings. The van der Waals surface area contributed by atoms with Gasteiger partial charge in [0.15, 0.2) is 0 Å². The minimum Gasteiger partial charge on any atom is -0.739 e. The van der Waals surface area contributed by atoms with Crippen LogP contribution in [0.5, 0.6) is 0 Å². The van der Waals surface area contributed by atoms with Crippen molar-refractivity contribution < 1.29 is 17.8 Å². The van der Waals surface area contributed by atoms with Crippen molar-refractivity contribution in [2.24, 2.45) is 0 Å². The van der Waals surface area contributed by atoms with Gasteiger partial charge in [0.2, 0.25) is 0 Å². The summed E-state index contributed by atoms with van der Waals surface area (Å²) in [7, 11) is -4.92. The monoisotopic (exact) mass is 783 g/mol. The second kappa shape index (κ2) is 16.5. The zero-order chi connectivity index (χ0) is 41.1. The molecule has 0 aromatic heterocycles. The van der Waals surface area contributed by atoms with Gasteiger partial charge in [-0.2, -0.15) is 0 Å². The van der Waals surface area contributed by atoms with Crippen LogP contribution >= 0.6 is 0 Å². The van der Waals surface area contributed by atoms with Gasteiger partial charge in [0.25, 0.3) is 5.91 Å². The Morgan fingerprint density at radius 3 is 1.60 bits per heavy atom. The molecule has 0 radical (unpaired) electrons. The summed E-state index contributed by atoms with van der Waals surface area (Å²) in [6.45, 7) is 12.3. The van der Waals surface area contributed by atoms with Crippen LogP contribution in [0.3, 0.4) is 0 Å². The summed E-state index contributed by atoms with van der Waals surface area (Å²) in [6, 6.07) is 45.2. The number of nitrogens with one attached hydrogen (secondary N) is 3. The molecule has 8 heteroatoms. The van der Waals surface area contributed by atoms with Gasteiger partial charge >= 0.3 is 0 Å². The summed E-state index contributed by atoms with van der Waals surface area (Å²) in [5.41, 5.74) is 14.0. The Hall–Kier alpha value is -6.61. The Bertz CT molecular complexity index is 2720. The SMILES string of the molecule is Cc1cc(C)c(Nc2ccc([C+](c3ccc(Nc4c(C)cc(C)cc4C)c(-c4ccccc4)c3)c3ccccc3S(=O)(=O)[O-])cc2C(=O)Nc2ccccc2)c(C)c1. The number of hydrogen-bond donors (Lipinski definition) is 3. The molecule has 7 aromatic carbocycles. The molecule has 0 unspecified atom stereocenters. The Kier molecular flexibility index (Phi) is 11.3. The number of carbonyl (C=O) groups excluding carboxylic acids is 1. The second-order valence-corrected chi connectivity index (χ2v) is 16.2. The number of rotatable bonds is 11. The highest BCUT2D eigenvalue weighted by atomic mass is 32.2. The van der Waals surface area contributed by atoms with Crippen LogP contribution in [-0.2, 0) is 10.1 Å². The minimum absolute atomic E-state index is 0.225. The molecule has 0 spiro atoms. The third-order valence-electron chi connectivity index (χ3n) is 10.3. The highest BCUT2D eigenvalue weighted by Gasteiger charge is 2.31. The molecule has 7 rings (SSSR count). The lowest BCUT2D eigenvalue weighted by atomic mass is 9.82. The van der Waals surface area contributed by atoms with Crippen molar-refractivity contribution in [1.82, 2.24) is 0 Å². The van der Waals surface area contributed by atoms with Gasteiger partial charge in [0, 0.05) is 28.7 Å². The van der Waals surface area contributed by atoms with E-state index in [-0.39, 0.29) is 16.4 Å². The minimum atomic E-state index is -4.92. The maximum atomic E-state index is 14.3. The fourth-order valence-electron chi connectivity index (χ4n) is 7.77. The van der Waals surface area contributed by atoms with Gasteiger partial charge in [0.1, 0.15) is 15.0 Å². The Labute approximate surface area is 341 Å². The lowest BCUT2D eigenvalue weighted by Crippen LogP contribution is -2.16. The van der Waals surface area contributed by atoms with Gasteiger partial charge in [-0.25, -0.2) is 8.42 Å². The first-order valence-corrected chi connectivity index (χ1v) is 20.5. The average Bonchev–Trinajstić information content (AvgIpc) is 3.19. The van der Waals surface area contributed by atoms with Crippen LogP contribution in [0, 0.1) is 47.5 Å². The molecule has 7 nitrogen and oxygen atoms in total. The summed E-state index contributed by atoms with van der Waals surface area (Å²) >= 11 is 0. The molecule has 1 amide bonds. The van der Waals surface area contributed by atoms with Crippen molar-refractivity contribution in [3.05, 3.63) is 207 Å². The van der Waals surface area contributed by atoms with E-state index in [0.29, 0.717) is 34.0 Å². The van der Waals surface area contributed by atoms with E-state index in [9.17, 15) is 17.8 Å². The Morgan fingerprint density at radius 2 is 1.03 bits per heavy atom. The smallest absolute Gasteiger partial charge is 0.263 e. The fraction of sp³-hybridized carbons (Fsp3) is 0.120. The molecule has 0 aliphatic carbocycles. The normalized spacial score (nSPS) is 11.2. The molecule has 58 heavy (non-hydrogen) atoms. The number of anilines is 5. The van der Waals surface area contributed by atoms with E-state index < -0.39 is 10.1 Å². The van der Waals surface area contributed by atoms with Gasteiger partial charge < -0.3 is 20.5 Å². The van der Waals surface area contributed by atoms with Crippen molar-refractivity contribution in [1.29, 1.82) is 0 Å². The van der Waals surface area contributed by atoms with Crippen molar-refractivity contribution in [2.75, 3.05) is 16.0 Å². The third-order valence-corrected chi connectivity index (χ3v) is 11.2. The van der Waals surface area contributed by atoms with Crippen LogP contribution in [-0.4, -0.2) is 18.9 Å². The van der Waals surface area contributed by atoms with Gasteiger partial charge in [-0.15, -0.1) is 0 Å². The standard InChI is InChI=1S/C50H45N3O4S/c1-31-25-33(3)48(34(4)26-31)52-44-23-21-38(29-42(44)37-15-9-7-10-16-37)47(41-19-13-14-20-46(41)58(55,56)57)39-22-24-45(53-49-35(5)27-32(2)28-36(49)6)43(30-39)50(54)51-40-17-11-8-12-18-40/h7-30,52H,1-6H3,(H2-,51,53,54,55,56,57). The summed E-state index contributed by atoms with van der Waals surface area (Å²) in [5, 5.41) is 10.3. The van der Waals surface area contributed by atoms with E-state index in [2.05, 4.69) is 61.0 Å². The third kappa shape index (κ3) is 8.54. The summed E-state index contributed by atoms with van der Waals surface area (Å²) in [6.07, 6.45) is 0. The number of aryl methyl sites for hydroxylation is 6. The van der Waals surface area contributed by atoms with Gasteiger partial charge in [-0.3, -0.25) is 4.79 Å². The second-order valence-electron chi connectivity index (χ2n) is 14.8. The topological polar surface area (TPSA) is 110 Å². The Balaban J connectivity index is 1.45. The van der Waals surface area contributed by atoms with E-state index in [1.165, 1.54) is 11.6 Å². The molecule has 0 bridgehead atoms. The van der Waals surface area contributed by atoms with E-state index in [1.807, 2.05) is 112 Å². The van der Waals surface area contributed by atoms with Crippen LogP contribution < -0.4 is 16.0 Å². The maximum absolute atomic E-state index is 14.3. The highest BCUT2D eigenvalue weighted by molar-refractivity contribution is 7.85. The highest BCUT2D eigenvalue weighted by Crippen LogP contribution is 2.41. The summed E-state index contributed by atoms with van der Waals surface area (Å²) < 4.78 is 38.8. The number of carbonyl (C=O) groups is 1. The zero-order valence-electron chi connectivity index (χ0n) is 33.4. The first kappa shape index (κ1) is 39.6. The van der Waals surface area contributed by atoms with Gasteiger partial charge in [-0.1, -0.05) is 83.9 Å². The van der Waals surface area contributed by atoms with E-state index in [1.54, 1.807) is 24.3 Å². The first-order chi connectivity index (χ1) is 27.8. The number of hydrogen-bond acceptors (Lipinski definition) is 6. The van der Waals surface area contributed by atoms with E-state index >= 15 is 0 Å². The molecule has 290 valence electrons. The number of benzene rings is 7. The molecule has 0 aliphatic heterocycles. The molecule has 3 N–H and O–H groups in total. The van der Waals surface area contributed by atoms with Crippen LogP contribution in [0.4, 0.5) is 28.4 Å². The number of para-hydroxylation sites is 1. The van der Waals surface area contributed by atoms with E-state index in [0.717, 1.165) is 56.0 Å². The van der Waals surface area contributed by atoms with Crippen molar-refractivity contribution >= 4 is 44.5 Å². The molecular weight excluding hydrogens is 739 g/mol. The lowest BCUT2D eigenvalue weighted by molar-refractivity contribution is 0.102. The molecule has 7 aromatic rings. The van der Waals surface area contributed by atoms with Crippen molar-refractivity contribution in [3.63, 3.8) is 0 Å².